The highest BCUT2D eigenvalue weighted by molar-refractivity contribution is 5.94. The van der Waals surface area contributed by atoms with Crippen LogP contribution in [0.15, 0.2) is 18.2 Å². The molecule has 0 radical (unpaired) electrons. The van der Waals surface area contributed by atoms with E-state index in [9.17, 15) is 22.4 Å². The van der Waals surface area contributed by atoms with Crippen LogP contribution in [0.1, 0.15) is 35.7 Å². The van der Waals surface area contributed by atoms with Gasteiger partial charge in [-0.3, -0.25) is 4.79 Å². The summed E-state index contributed by atoms with van der Waals surface area (Å²) in [6, 6.07) is 1.82. The molecule has 1 fully saturated rings. The maximum Gasteiger partial charge on any atom is 0.416 e. The molecule has 2 N–H and O–H groups in total. The van der Waals surface area contributed by atoms with Crippen molar-refractivity contribution < 1.29 is 22.4 Å². The van der Waals surface area contributed by atoms with Crippen molar-refractivity contribution in [2.24, 2.45) is 11.7 Å². The van der Waals surface area contributed by atoms with E-state index in [0.717, 1.165) is 18.9 Å². The Morgan fingerprint density at radius 1 is 1.36 bits per heavy atom. The van der Waals surface area contributed by atoms with E-state index in [4.69, 9.17) is 5.73 Å². The molecule has 1 heterocycles. The van der Waals surface area contributed by atoms with Crippen molar-refractivity contribution in [2.45, 2.75) is 32.0 Å². The standard InChI is InChI=1S/C15H18F4N2O/c1-9(20)10-3-2-4-21(8-10)14(22)11-5-12(15(17,18)19)7-13(16)6-11/h5-7,9-10H,2-4,8,20H2,1H3/t9-,10-/m0/s1. The van der Waals surface area contributed by atoms with Crippen LogP contribution in [0.2, 0.25) is 0 Å². The van der Waals surface area contributed by atoms with E-state index >= 15 is 0 Å². The van der Waals surface area contributed by atoms with Crippen molar-refractivity contribution in [3.8, 4) is 0 Å². The molecule has 0 aliphatic carbocycles. The zero-order valence-corrected chi connectivity index (χ0v) is 12.2. The summed E-state index contributed by atoms with van der Waals surface area (Å²) in [5.41, 5.74) is 4.39. The monoisotopic (exact) mass is 318 g/mol. The van der Waals surface area contributed by atoms with Crippen LogP contribution in [-0.4, -0.2) is 29.9 Å². The fourth-order valence-corrected chi connectivity index (χ4v) is 2.68. The van der Waals surface area contributed by atoms with E-state index in [1.54, 1.807) is 0 Å². The van der Waals surface area contributed by atoms with Gasteiger partial charge in [0.25, 0.3) is 5.91 Å². The molecule has 0 spiro atoms. The Hall–Kier alpha value is -1.63. The van der Waals surface area contributed by atoms with E-state index in [1.807, 2.05) is 6.92 Å². The van der Waals surface area contributed by atoms with E-state index in [1.165, 1.54) is 4.90 Å². The Morgan fingerprint density at radius 3 is 2.64 bits per heavy atom. The van der Waals surface area contributed by atoms with Gasteiger partial charge in [0.05, 0.1) is 5.56 Å². The van der Waals surface area contributed by atoms with Crippen molar-refractivity contribution in [2.75, 3.05) is 13.1 Å². The van der Waals surface area contributed by atoms with Crippen LogP contribution in [0.3, 0.4) is 0 Å². The number of nitrogens with zero attached hydrogens (tertiary/aromatic N) is 1. The maximum atomic E-state index is 13.4. The predicted octanol–water partition coefficient (Wildman–Crippen LogP) is 3.04. The SMILES string of the molecule is C[C@H](N)[C@H]1CCCN(C(=O)c2cc(F)cc(C(F)(F)F)c2)C1. The van der Waals surface area contributed by atoms with Crippen LogP contribution in [0.5, 0.6) is 0 Å². The van der Waals surface area contributed by atoms with Crippen LogP contribution in [0.4, 0.5) is 17.6 Å². The van der Waals surface area contributed by atoms with E-state index in [-0.39, 0.29) is 17.5 Å². The molecule has 2 rings (SSSR count). The maximum absolute atomic E-state index is 13.4. The number of rotatable bonds is 2. The van der Waals surface area contributed by atoms with Crippen molar-refractivity contribution in [1.82, 2.24) is 4.90 Å². The van der Waals surface area contributed by atoms with Gasteiger partial charge in [-0.05, 0) is 43.9 Å². The fraction of sp³-hybridized carbons (Fsp3) is 0.533. The average molecular weight is 318 g/mol. The Bertz CT molecular complexity index is 557. The third-order valence-corrected chi connectivity index (χ3v) is 3.96. The molecule has 1 saturated heterocycles. The number of nitrogens with two attached hydrogens (primary N) is 1. The van der Waals surface area contributed by atoms with E-state index < -0.39 is 23.5 Å². The average Bonchev–Trinajstić information content (AvgIpc) is 2.45. The molecule has 0 bridgehead atoms. The molecule has 7 heteroatoms. The highest BCUT2D eigenvalue weighted by Crippen LogP contribution is 2.31. The first-order valence-electron chi connectivity index (χ1n) is 7.11. The van der Waals surface area contributed by atoms with Gasteiger partial charge in [0, 0.05) is 24.7 Å². The molecule has 1 aliphatic rings. The lowest BCUT2D eigenvalue weighted by Gasteiger charge is -2.34. The first kappa shape index (κ1) is 16.7. The molecule has 3 nitrogen and oxygen atoms in total. The highest BCUT2D eigenvalue weighted by atomic mass is 19.4. The number of alkyl halides is 3. The lowest BCUT2D eigenvalue weighted by atomic mass is 9.92. The number of carbonyl (C=O) groups excluding carboxylic acids is 1. The molecule has 1 aromatic carbocycles. The second kappa shape index (κ2) is 6.24. The van der Waals surface area contributed by atoms with E-state index in [0.29, 0.717) is 25.2 Å². The molecule has 1 amide bonds. The van der Waals surface area contributed by atoms with E-state index in [2.05, 4.69) is 0 Å². The molecule has 1 aliphatic heterocycles. The van der Waals surface area contributed by atoms with Crippen LogP contribution < -0.4 is 5.73 Å². The number of benzene rings is 1. The zero-order chi connectivity index (χ0) is 16.5. The second-order valence-electron chi connectivity index (χ2n) is 5.74. The van der Waals surface area contributed by atoms with Gasteiger partial charge in [-0.25, -0.2) is 4.39 Å². The molecule has 22 heavy (non-hydrogen) atoms. The summed E-state index contributed by atoms with van der Waals surface area (Å²) in [5, 5.41) is 0. The summed E-state index contributed by atoms with van der Waals surface area (Å²) in [4.78, 5) is 13.8. The molecule has 122 valence electrons. The number of hydrogen-bond donors (Lipinski definition) is 1. The molecule has 0 unspecified atom stereocenters. The van der Waals surface area contributed by atoms with Gasteiger partial charge < -0.3 is 10.6 Å². The van der Waals surface area contributed by atoms with Crippen LogP contribution in [0, 0.1) is 11.7 Å². The normalized spacial score (nSPS) is 20.8. The highest BCUT2D eigenvalue weighted by Gasteiger charge is 2.33. The first-order valence-corrected chi connectivity index (χ1v) is 7.11. The molecular formula is C15H18F4N2O. The van der Waals surface area contributed by atoms with Gasteiger partial charge in [0.15, 0.2) is 0 Å². The third-order valence-electron chi connectivity index (χ3n) is 3.96. The summed E-state index contributed by atoms with van der Waals surface area (Å²) in [5.74, 6) is -1.55. The largest absolute Gasteiger partial charge is 0.416 e. The minimum absolute atomic E-state index is 0.103. The summed E-state index contributed by atoms with van der Waals surface area (Å²) >= 11 is 0. The third kappa shape index (κ3) is 3.76. The van der Waals surface area contributed by atoms with Gasteiger partial charge in [0.2, 0.25) is 0 Å². The Labute approximate surface area is 126 Å². The van der Waals surface area contributed by atoms with Gasteiger partial charge in [-0.15, -0.1) is 0 Å². The minimum atomic E-state index is -4.69. The fourth-order valence-electron chi connectivity index (χ4n) is 2.68. The Kier molecular flexibility index (Phi) is 4.75. The number of carbonyl (C=O) groups is 1. The second-order valence-corrected chi connectivity index (χ2v) is 5.74. The van der Waals surface area contributed by atoms with Crippen molar-refractivity contribution in [3.05, 3.63) is 35.1 Å². The number of likely N-dealkylation sites (tertiary alicyclic amines) is 1. The Morgan fingerprint density at radius 2 is 2.05 bits per heavy atom. The molecule has 1 aromatic rings. The molecular weight excluding hydrogens is 300 g/mol. The molecule has 2 atom stereocenters. The van der Waals surface area contributed by atoms with Gasteiger partial charge in [-0.1, -0.05) is 0 Å². The quantitative estimate of drug-likeness (QED) is 0.852. The molecule has 0 saturated carbocycles. The first-order chi connectivity index (χ1) is 10.2. The number of halogens is 4. The minimum Gasteiger partial charge on any atom is -0.338 e. The van der Waals surface area contributed by atoms with Crippen LogP contribution in [-0.2, 0) is 6.18 Å². The van der Waals surface area contributed by atoms with Crippen LogP contribution in [0.25, 0.3) is 0 Å². The van der Waals surface area contributed by atoms with Gasteiger partial charge >= 0.3 is 6.18 Å². The predicted molar refractivity (Wildman–Crippen MR) is 73.7 cm³/mol. The zero-order valence-electron chi connectivity index (χ0n) is 12.2. The number of amides is 1. The summed E-state index contributed by atoms with van der Waals surface area (Å²) in [7, 11) is 0. The van der Waals surface area contributed by atoms with Crippen molar-refractivity contribution in [1.29, 1.82) is 0 Å². The van der Waals surface area contributed by atoms with Crippen molar-refractivity contribution in [3.63, 3.8) is 0 Å². The number of piperidine rings is 1. The van der Waals surface area contributed by atoms with Gasteiger partial charge in [-0.2, -0.15) is 13.2 Å². The summed E-state index contributed by atoms with van der Waals surface area (Å²) in [6.07, 6.45) is -3.08. The topological polar surface area (TPSA) is 46.3 Å². The lowest BCUT2D eigenvalue weighted by molar-refractivity contribution is -0.137. The van der Waals surface area contributed by atoms with Crippen LogP contribution >= 0.6 is 0 Å². The van der Waals surface area contributed by atoms with Crippen molar-refractivity contribution >= 4 is 5.91 Å². The summed E-state index contributed by atoms with van der Waals surface area (Å²) < 4.78 is 51.5. The smallest absolute Gasteiger partial charge is 0.338 e. The van der Waals surface area contributed by atoms with Gasteiger partial charge in [0.1, 0.15) is 5.82 Å². The number of hydrogen-bond acceptors (Lipinski definition) is 2. The summed E-state index contributed by atoms with van der Waals surface area (Å²) in [6.45, 7) is 2.66. The lowest BCUT2D eigenvalue weighted by Crippen LogP contribution is -2.45. The molecule has 0 aromatic heterocycles. The Balaban J connectivity index is 2.24.